The Labute approximate surface area is 126 Å². The molecule has 118 valence electrons. The Morgan fingerprint density at radius 3 is 2.67 bits per heavy atom. The van der Waals surface area contributed by atoms with Crippen LogP contribution in [-0.2, 0) is 11.2 Å². The fourth-order valence-corrected chi connectivity index (χ4v) is 2.51. The van der Waals surface area contributed by atoms with E-state index >= 15 is 0 Å². The highest BCUT2D eigenvalue weighted by Crippen LogP contribution is 2.23. The molecule has 2 rings (SSSR count). The molecular weight excluding hydrogens is 268 g/mol. The van der Waals surface area contributed by atoms with Crippen molar-refractivity contribution in [3.8, 4) is 0 Å². The van der Waals surface area contributed by atoms with E-state index < -0.39 is 5.60 Å². The first-order valence-corrected chi connectivity index (χ1v) is 7.60. The molecule has 1 aromatic rings. The number of nitrogens with zero attached hydrogens (tertiary/aromatic N) is 3. The molecule has 1 amide bonds. The summed E-state index contributed by atoms with van der Waals surface area (Å²) in [6.45, 7) is 7.74. The third-order valence-electron chi connectivity index (χ3n) is 3.58. The van der Waals surface area contributed by atoms with Gasteiger partial charge in [-0.3, -0.25) is 4.68 Å². The van der Waals surface area contributed by atoms with Crippen molar-refractivity contribution in [1.82, 2.24) is 14.7 Å². The van der Waals surface area contributed by atoms with Crippen LogP contribution >= 0.6 is 0 Å². The maximum Gasteiger partial charge on any atom is 0.410 e. The number of hydrogen-bond acceptors (Lipinski definition) is 4. The van der Waals surface area contributed by atoms with Crippen molar-refractivity contribution >= 4 is 6.09 Å². The van der Waals surface area contributed by atoms with E-state index in [2.05, 4.69) is 11.3 Å². The van der Waals surface area contributed by atoms with E-state index in [-0.39, 0.29) is 6.09 Å². The van der Waals surface area contributed by atoms with Crippen LogP contribution in [0.15, 0.2) is 12.4 Å². The average molecular weight is 294 g/mol. The van der Waals surface area contributed by atoms with Gasteiger partial charge in [-0.2, -0.15) is 5.10 Å². The van der Waals surface area contributed by atoms with Crippen molar-refractivity contribution in [2.45, 2.75) is 51.7 Å². The van der Waals surface area contributed by atoms with Gasteiger partial charge in [-0.05, 0) is 52.1 Å². The summed E-state index contributed by atoms with van der Waals surface area (Å²) in [5, 5.41) is 4.41. The molecule has 0 atom stereocenters. The molecule has 1 fully saturated rings. The SMILES string of the molecule is CC(C)(C)OC(=O)N1CCC(n2cc(CCN)cn2)CC1. The Morgan fingerprint density at radius 2 is 2.10 bits per heavy atom. The maximum absolute atomic E-state index is 12.0. The van der Waals surface area contributed by atoms with Gasteiger partial charge in [-0.25, -0.2) is 4.79 Å². The number of rotatable bonds is 3. The molecule has 2 N–H and O–H groups in total. The lowest BCUT2D eigenvalue weighted by Crippen LogP contribution is -2.42. The Kier molecular flexibility index (Phi) is 4.88. The summed E-state index contributed by atoms with van der Waals surface area (Å²) in [5.41, 5.74) is 6.29. The predicted molar refractivity (Wildman–Crippen MR) is 81.1 cm³/mol. The van der Waals surface area contributed by atoms with E-state index in [1.165, 1.54) is 5.56 Å². The lowest BCUT2D eigenvalue weighted by atomic mass is 10.1. The molecule has 0 aromatic carbocycles. The summed E-state index contributed by atoms with van der Waals surface area (Å²) in [6, 6.07) is 0.357. The Balaban J connectivity index is 1.86. The number of ether oxygens (including phenoxy) is 1. The molecule has 0 aliphatic carbocycles. The van der Waals surface area contributed by atoms with Crippen molar-refractivity contribution in [2.75, 3.05) is 19.6 Å². The van der Waals surface area contributed by atoms with Crippen molar-refractivity contribution in [2.24, 2.45) is 5.73 Å². The zero-order valence-electron chi connectivity index (χ0n) is 13.2. The van der Waals surface area contributed by atoms with Crippen molar-refractivity contribution in [3.05, 3.63) is 18.0 Å². The third-order valence-corrected chi connectivity index (χ3v) is 3.58. The smallest absolute Gasteiger partial charge is 0.410 e. The molecule has 6 nitrogen and oxygen atoms in total. The molecule has 6 heteroatoms. The molecular formula is C15H26N4O2. The fraction of sp³-hybridized carbons (Fsp3) is 0.733. The van der Waals surface area contributed by atoms with Gasteiger partial charge in [0.15, 0.2) is 0 Å². The first kappa shape index (κ1) is 15.8. The summed E-state index contributed by atoms with van der Waals surface area (Å²) in [7, 11) is 0. The van der Waals surface area contributed by atoms with Crippen molar-refractivity contribution in [1.29, 1.82) is 0 Å². The van der Waals surface area contributed by atoms with Gasteiger partial charge in [0.2, 0.25) is 0 Å². The number of amides is 1. The zero-order chi connectivity index (χ0) is 15.5. The Bertz CT molecular complexity index is 470. The van der Waals surface area contributed by atoms with Crippen LogP contribution in [0.2, 0.25) is 0 Å². The minimum Gasteiger partial charge on any atom is -0.444 e. The zero-order valence-corrected chi connectivity index (χ0v) is 13.2. The van der Waals surface area contributed by atoms with Crippen LogP contribution < -0.4 is 5.73 Å². The normalized spacial score (nSPS) is 17.0. The van der Waals surface area contributed by atoms with E-state index in [1.54, 1.807) is 4.90 Å². The summed E-state index contributed by atoms with van der Waals surface area (Å²) in [5.74, 6) is 0. The maximum atomic E-state index is 12.0. The highest BCUT2D eigenvalue weighted by Gasteiger charge is 2.27. The van der Waals surface area contributed by atoms with E-state index in [4.69, 9.17) is 10.5 Å². The van der Waals surface area contributed by atoms with E-state index in [9.17, 15) is 4.79 Å². The number of nitrogens with two attached hydrogens (primary N) is 1. The van der Waals surface area contributed by atoms with Gasteiger partial charge in [0.05, 0.1) is 12.2 Å². The topological polar surface area (TPSA) is 73.4 Å². The van der Waals surface area contributed by atoms with Gasteiger partial charge in [0.25, 0.3) is 0 Å². The molecule has 2 heterocycles. The second-order valence-corrected chi connectivity index (χ2v) is 6.57. The van der Waals surface area contributed by atoms with Crippen LogP contribution in [0.4, 0.5) is 4.79 Å². The van der Waals surface area contributed by atoms with Gasteiger partial charge in [-0.15, -0.1) is 0 Å². The molecule has 1 aromatic heterocycles. The van der Waals surface area contributed by atoms with Crippen LogP contribution in [0, 0.1) is 0 Å². The van der Waals surface area contributed by atoms with Crippen molar-refractivity contribution < 1.29 is 9.53 Å². The molecule has 0 radical (unpaired) electrons. The first-order chi connectivity index (χ1) is 9.89. The molecule has 0 spiro atoms. The molecule has 0 saturated carbocycles. The van der Waals surface area contributed by atoms with E-state index in [0.717, 1.165) is 19.3 Å². The number of carbonyl (C=O) groups excluding carboxylic acids is 1. The summed E-state index contributed by atoms with van der Waals surface area (Å²) in [4.78, 5) is 13.8. The lowest BCUT2D eigenvalue weighted by Gasteiger charge is -2.33. The quantitative estimate of drug-likeness (QED) is 0.925. The second-order valence-electron chi connectivity index (χ2n) is 6.57. The molecule has 1 saturated heterocycles. The second kappa shape index (κ2) is 6.47. The van der Waals surface area contributed by atoms with Crippen LogP contribution in [0.25, 0.3) is 0 Å². The molecule has 0 unspecified atom stereocenters. The summed E-state index contributed by atoms with van der Waals surface area (Å²) in [6.07, 6.45) is 6.40. The molecule has 21 heavy (non-hydrogen) atoms. The minimum atomic E-state index is -0.437. The van der Waals surface area contributed by atoms with Crippen LogP contribution in [0.5, 0.6) is 0 Å². The number of piperidine rings is 1. The van der Waals surface area contributed by atoms with E-state index in [0.29, 0.717) is 25.7 Å². The third kappa shape index (κ3) is 4.46. The highest BCUT2D eigenvalue weighted by atomic mass is 16.6. The Hall–Kier alpha value is -1.56. The van der Waals surface area contributed by atoms with Crippen LogP contribution in [0.3, 0.4) is 0 Å². The average Bonchev–Trinajstić information content (AvgIpc) is 2.86. The lowest BCUT2D eigenvalue weighted by molar-refractivity contribution is 0.0185. The van der Waals surface area contributed by atoms with Gasteiger partial charge < -0.3 is 15.4 Å². The largest absolute Gasteiger partial charge is 0.444 e. The number of carbonyl (C=O) groups is 1. The monoisotopic (exact) mass is 294 g/mol. The predicted octanol–water partition coefficient (Wildman–Crippen LogP) is 1.96. The standard InChI is InChI=1S/C15H26N4O2/c1-15(2,3)21-14(20)18-8-5-13(6-9-18)19-11-12(4-7-16)10-17-19/h10-11,13H,4-9,16H2,1-3H3. The number of hydrogen-bond donors (Lipinski definition) is 1. The van der Waals surface area contributed by atoms with Crippen LogP contribution in [0.1, 0.15) is 45.2 Å². The highest BCUT2D eigenvalue weighted by molar-refractivity contribution is 5.68. The summed E-state index contributed by atoms with van der Waals surface area (Å²) < 4.78 is 7.42. The van der Waals surface area contributed by atoms with E-state index in [1.807, 2.05) is 31.6 Å². The minimum absolute atomic E-state index is 0.217. The fourth-order valence-electron chi connectivity index (χ4n) is 2.51. The van der Waals surface area contributed by atoms with Gasteiger partial charge in [-0.1, -0.05) is 0 Å². The summed E-state index contributed by atoms with van der Waals surface area (Å²) >= 11 is 0. The number of aromatic nitrogens is 2. The molecule has 1 aliphatic rings. The molecule has 1 aliphatic heterocycles. The van der Waals surface area contributed by atoms with Gasteiger partial charge in [0, 0.05) is 19.3 Å². The van der Waals surface area contributed by atoms with Gasteiger partial charge in [0.1, 0.15) is 5.60 Å². The van der Waals surface area contributed by atoms with Crippen LogP contribution in [-0.4, -0.2) is 46.0 Å². The molecule has 0 bridgehead atoms. The number of likely N-dealkylation sites (tertiary alicyclic amines) is 1. The first-order valence-electron chi connectivity index (χ1n) is 7.60. The van der Waals surface area contributed by atoms with Crippen molar-refractivity contribution in [3.63, 3.8) is 0 Å². The Morgan fingerprint density at radius 1 is 1.43 bits per heavy atom. The van der Waals surface area contributed by atoms with Gasteiger partial charge >= 0.3 is 6.09 Å².